The van der Waals surface area contributed by atoms with Crippen molar-refractivity contribution in [2.75, 3.05) is 39.8 Å². The van der Waals surface area contributed by atoms with Gasteiger partial charge in [-0.2, -0.15) is 4.31 Å². The normalized spacial score (nSPS) is 15.6. The molecule has 0 radical (unpaired) electrons. The average Bonchev–Trinajstić information content (AvgIpc) is 3.13. The highest BCUT2D eigenvalue weighted by atomic mass is 32.2. The standard InChI is InChI=1S/C22H26N4O3S2/c1-17-23-20-9-8-19(14-21(20)30-17)31(28,29)26(15-18-6-4-3-5-7-18)16-22(27)25-12-10-24(2)11-13-25/h3-9,14H,10-13,15-16H2,1-2H3. The maximum absolute atomic E-state index is 13.6. The smallest absolute Gasteiger partial charge is 0.243 e. The summed E-state index contributed by atoms with van der Waals surface area (Å²) in [6, 6.07) is 14.3. The number of fused-ring (bicyclic) bond motifs is 1. The van der Waals surface area contributed by atoms with Crippen LogP contribution in [0.25, 0.3) is 10.2 Å². The van der Waals surface area contributed by atoms with Gasteiger partial charge in [-0.25, -0.2) is 13.4 Å². The fraction of sp³-hybridized carbons (Fsp3) is 0.364. The summed E-state index contributed by atoms with van der Waals surface area (Å²) >= 11 is 1.46. The van der Waals surface area contributed by atoms with E-state index in [0.717, 1.165) is 33.9 Å². The number of hydrogen-bond acceptors (Lipinski definition) is 6. The van der Waals surface area contributed by atoms with Crippen LogP contribution in [0.2, 0.25) is 0 Å². The number of amides is 1. The highest BCUT2D eigenvalue weighted by Gasteiger charge is 2.30. The minimum atomic E-state index is -3.87. The Bertz CT molecular complexity index is 1170. The van der Waals surface area contributed by atoms with Crippen LogP contribution in [0.4, 0.5) is 0 Å². The van der Waals surface area contributed by atoms with Gasteiger partial charge in [-0.3, -0.25) is 4.79 Å². The summed E-state index contributed by atoms with van der Waals surface area (Å²) in [6.45, 7) is 4.66. The Morgan fingerprint density at radius 2 is 1.81 bits per heavy atom. The molecular weight excluding hydrogens is 432 g/mol. The Morgan fingerprint density at radius 1 is 1.10 bits per heavy atom. The van der Waals surface area contributed by atoms with Crippen LogP contribution in [0.1, 0.15) is 10.6 Å². The molecule has 1 saturated heterocycles. The minimum Gasteiger partial charge on any atom is -0.339 e. The molecule has 4 rings (SSSR count). The Morgan fingerprint density at radius 3 is 2.52 bits per heavy atom. The van der Waals surface area contributed by atoms with Crippen molar-refractivity contribution >= 4 is 37.5 Å². The third-order valence-electron chi connectivity index (χ3n) is 5.47. The topological polar surface area (TPSA) is 73.8 Å². The van der Waals surface area contributed by atoms with E-state index >= 15 is 0 Å². The molecule has 0 saturated carbocycles. The average molecular weight is 459 g/mol. The van der Waals surface area contributed by atoms with Gasteiger partial charge in [0, 0.05) is 32.7 Å². The molecule has 0 unspecified atom stereocenters. The van der Waals surface area contributed by atoms with Gasteiger partial charge in [0.25, 0.3) is 0 Å². The van der Waals surface area contributed by atoms with Gasteiger partial charge in [0.15, 0.2) is 0 Å². The van der Waals surface area contributed by atoms with Gasteiger partial charge in [0.05, 0.1) is 26.7 Å². The molecule has 31 heavy (non-hydrogen) atoms. The lowest BCUT2D eigenvalue weighted by Crippen LogP contribution is -2.50. The lowest BCUT2D eigenvalue weighted by molar-refractivity contribution is -0.133. The number of aryl methyl sites for hydroxylation is 1. The number of carbonyl (C=O) groups is 1. The van der Waals surface area contributed by atoms with E-state index in [-0.39, 0.29) is 23.9 Å². The highest BCUT2D eigenvalue weighted by molar-refractivity contribution is 7.89. The third-order valence-corrected chi connectivity index (χ3v) is 8.20. The summed E-state index contributed by atoms with van der Waals surface area (Å²) in [5, 5.41) is 0.885. The van der Waals surface area contributed by atoms with Gasteiger partial charge in [-0.05, 0) is 37.7 Å². The zero-order valence-corrected chi connectivity index (χ0v) is 19.3. The second kappa shape index (κ2) is 9.04. The van der Waals surface area contributed by atoms with Gasteiger partial charge < -0.3 is 9.80 Å². The predicted octanol–water partition coefficient (Wildman–Crippen LogP) is 2.57. The van der Waals surface area contributed by atoms with Crippen LogP contribution in [0.15, 0.2) is 53.4 Å². The Kier molecular flexibility index (Phi) is 6.38. The molecule has 1 aliphatic rings. The molecule has 1 aromatic heterocycles. The summed E-state index contributed by atoms with van der Waals surface area (Å²) in [7, 11) is -1.85. The molecule has 3 aromatic rings. The van der Waals surface area contributed by atoms with Crippen LogP contribution in [0.3, 0.4) is 0 Å². The van der Waals surface area contributed by atoms with E-state index in [1.165, 1.54) is 15.6 Å². The van der Waals surface area contributed by atoms with E-state index in [9.17, 15) is 13.2 Å². The zero-order valence-electron chi connectivity index (χ0n) is 17.7. The van der Waals surface area contributed by atoms with Crippen molar-refractivity contribution in [3.63, 3.8) is 0 Å². The van der Waals surface area contributed by atoms with Crippen molar-refractivity contribution in [1.82, 2.24) is 19.1 Å². The lowest BCUT2D eigenvalue weighted by Gasteiger charge is -2.33. The molecule has 0 spiro atoms. The van der Waals surface area contributed by atoms with Crippen LogP contribution in [-0.2, 0) is 21.4 Å². The SMILES string of the molecule is Cc1nc2ccc(S(=O)(=O)N(CC(=O)N3CCN(C)CC3)Cc3ccccc3)cc2s1. The molecule has 164 valence electrons. The van der Waals surface area contributed by atoms with Crippen molar-refractivity contribution in [3.8, 4) is 0 Å². The van der Waals surface area contributed by atoms with Crippen molar-refractivity contribution in [3.05, 3.63) is 59.1 Å². The molecule has 0 bridgehead atoms. The molecule has 1 aliphatic heterocycles. The highest BCUT2D eigenvalue weighted by Crippen LogP contribution is 2.27. The van der Waals surface area contributed by atoms with Crippen LogP contribution in [0.5, 0.6) is 0 Å². The van der Waals surface area contributed by atoms with Crippen LogP contribution in [-0.4, -0.2) is 73.2 Å². The predicted molar refractivity (Wildman–Crippen MR) is 122 cm³/mol. The number of carbonyl (C=O) groups excluding carboxylic acids is 1. The van der Waals surface area contributed by atoms with Crippen LogP contribution >= 0.6 is 11.3 Å². The quantitative estimate of drug-likeness (QED) is 0.568. The number of benzene rings is 2. The second-order valence-corrected chi connectivity index (χ2v) is 11.0. The molecule has 2 heterocycles. The monoisotopic (exact) mass is 458 g/mol. The van der Waals surface area contributed by atoms with E-state index in [2.05, 4.69) is 9.88 Å². The van der Waals surface area contributed by atoms with Gasteiger partial charge in [0.2, 0.25) is 15.9 Å². The number of likely N-dealkylation sites (N-methyl/N-ethyl adjacent to an activating group) is 1. The van der Waals surface area contributed by atoms with E-state index in [0.29, 0.717) is 13.1 Å². The van der Waals surface area contributed by atoms with E-state index < -0.39 is 10.0 Å². The Hall–Kier alpha value is -2.33. The zero-order chi connectivity index (χ0) is 22.0. The number of hydrogen-bond donors (Lipinski definition) is 0. The van der Waals surface area contributed by atoms with Gasteiger partial charge in [-0.15, -0.1) is 11.3 Å². The van der Waals surface area contributed by atoms with Crippen molar-refractivity contribution in [2.45, 2.75) is 18.4 Å². The number of sulfonamides is 1. The van der Waals surface area contributed by atoms with Gasteiger partial charge in [0.1, 0.15) is 0 Å². The first-order valence-electron chi connectivity index (χ1n) is 10.2. The molecule has 0 aliphatic carbocycles. The van der Waals surface area contributed by atoms with Crippen molar-refractivity contribution < 1.29 is 13.2 Å². The first kappa shape index (κ1) is 21.9. The van der Waals surface area contributed by atoms with Gasteiger partial charge >= 0.3 is 0 Å². The fourth-order valence-electron chi connectivity index (χ4n) is 3.65. The maximum atomic E-state index is 13.6. The number of aromatic nitrogens is 1. The number of nitrogens with zero attached hydrogens (tertiary/aromatic N) is 4. The summed E-state index contributed by atoms with van der Waals surface area (Å²) in [5.74, 6) is -0.165. The summed E-state index contributed by atoms with van der Waals surface area (Å²) in [5.41, 5.74) is 1.62. The molecule has 2 aromatic carbocycles. The summed E-state index contributed by atoms with van der Waals surface area (Å²) < 4.78 is 29.3. The van der Waals surface area contributed by atoms with Crippen molar-refractivity contribution in [1.29, 1.82) is 0 Å². The molecule has 0 N–H and O–H groups in total. The second-order valence-electron chi connectivity index (χ2n) is 7.81. The first-order valence-corrected chi connectivity index (χ1v) is 12.5. The largest absolute Gasteiger partial charge is 0.339 e. The van der Waals surface area contributed by atoms with Crippen molar-refractivity contribution in [2.24, 2.45) is 0 Å². The summed E-state index contributed by atoms with van der Waals surface area (Å²) in [4.78, 5) is 21.5. The first-order chi connectivity index (χ1) is 14.8. The number of piperazine rings is 1. The lowest BCUT2D eigenvalue weighted by atomic mass is 10.2. The molecular formula is C22H26N4O3S2. The molecule has 1 amide bonds. The van der Waals surface area contributed by atoms with E-state index in [1.807, 2.05) is 44.3 Å². The molecule has 1 fully saturated rings. The molecule has 0 atom stereocenters. The van der Waals surface area contributed by atoms with E-state index in [1.54, 1.807) is 23.1 Å². The Labute approximate surface area is 187 Å². The minimum absolute atomic E-state index is 0.141. The number of rotatable bonds is 6. The molecule has 7 nitrogen and oxygen atoms in total. The van der Waals surface area contributed by atoms with E-state index in [4.69, 9.17) is 0 Å². The Balaban J connectivity index is 1.63. The maximum Gasteiger partial charge on any atom is 0.243 e. The summed E-state index contributed by atoms with van der Waals surface area (Å²) in [6.07, 6.45) is 0. The van der Waals surface area contributed by atoms with Gasteiger partial charge in [-0.1, -0.05) is 30.3 Å². The van der Waals surface area contributed by atoms with Crippen LogP contribution in [0, 0.1) is 6.92 Å². The fourth-order valence-corrected chi connectivity index (χ4v) is 5.99. The third kappa shape index (κ3) is 4.95. The molecule has 9 heteroatoms. The van der Waals surface area contributed by atoms with Crippen LogP contribution < -0.4 is 0 Å². The number of thiazole rings is 1.